The van der Waals surface area contributed by atoms with Crippen LogP contribution in [0.15, 0.2) is 47.7 Å². The highest BCUT2D eigenvalue weighted by Crippen LogP contribution is 2.29. The van der Waals surface area contributed by atoms with Gasteiger partial charge in [-0.15, -0.1) is 0 Å². The first-order valence-corrected chi connectivity index (χ1v) is 9.24. The van der Waals surface area contributed by atoms with Crippen molar-refractivity contribution in [3.63, 3.8) is 0 Å². The highest BCUT2D eigenvalue weighted by molar-refractivity contribution is 5.77. The SMILES string of the molecule is O=c1c2ccc(F)cc2ncn1CC1CCN(c2ccc(C(F)(F)F)nc2)CC1. The maximum atomic E-state index is 13.3. The number of nitrogens with zero attached hydrogens (tertiary/aromatic N) is 4. The summed E-state index contributed by atoms with van der Waals surface area (Å²) in [4.78, 5) is 22.3. The van der Waals surface area contributed by atoms with Gasteiger partial charge >= 0.3 is 6.18 Å². The quantitative estimate of drug-likeness (QED) is 0.620. The molecule has 0 aliphatic carbocycles. The van der Waals surface area contributed by atoms with Crippen molar-refractivity contribution in [1.29, 1.82) is 0 Å². The molecule has 1 saturated heterocycles. The van der Waals surface area contributed by atoms with E-state index in [2.05, 4.69) is 9.97 Å². The van der Waals surface area contributed by atoms with Crippen LogP contribution >= 0.6 is 0 Å². The summed E-state index contributed by atoms with van der Waals surface area (Å²) in [5.74, 6) is -0.196. The molecule has 0 radical (unpaired) electrons. The Labute approximate surface area is 163 Å². The lowest BCUT2D eigenvalue weighted by atomic mass is 9.96. The molecule has 1 aliphatic rings. The van der Waals surface area contributed by atoms with Crippen molar-refractivity contribution in [3.05, 3.63) is 64.7 Å². The van der Waals surface area contributed by atoms with Gasteiger partial charge in [0.15, 0.2) is 0 Å². The lowest BCUT2D eigenvalue weighted by molar-refractivity contribution is -0.141. The van der Waals surface area contributed by atoms with E-state index in [0.717, 1.165) is 18.9 Å². The van der Waals surface area contributed by atoms with Crippen molar-refractivity contribution in [2.75, 3.05) is 18.0 Å². The maximum absolute atomic E-state index is 13.3. The van der Waals surface area contributed by atoms with Gasteiger partial charge in [0.1, 0.15) is 11.5 Å². The van der Waals surface area contributed by atoms with Crippen LogP contribution in [0.2, 0.25) is 0 Å². The van der Waals surface area contributed by atoms with Crippen molar-refractivity contribution < 1.29 is 17.6 Å². The molecule has 0 N–H and O–H groups in total. The molecule has 2 aromatic heterocycles. The molecule has 0 bridgehead atoms. The van der Waals surface area contributed by atoms with E-state index in [1.54, 1.807) is 4.57 Å². The monoisotopic (exact) mass is 406 g/mol. The van der Waals surface area contributed by atoms with Gasteiger partial charge in [-0.25, -0.2) is 14.4 Å². The van der Waals surface area contributed by atoms with E-state index in [1.807, 2.05) is 4.90 Å². The normalized spacial score (nSPS) is 15.8. The number of piperidine rings is 1. The van der Waals surface area contributed by atoms with E-state index >= 15 is 0 Å². The van der Waals surface area contributed by atoms with E-state index in [4.69, 9.17) is 0 Å². The molecule has 29 heavy (non-hydrogen) atoms. The predicted molar refractivity (Wildman–Crippen MR) is 100 cm³/mol. The van der Waals surface area contributed by atoms with Gasteiger partial charge in [0.2, 0.25) is 0 Å². The second kappa shape index (κ2) is 7.46. The van der Waals surface area contributed by atoms with Gasteiger partial charge in [-0.05, 0) is 43.0 Å². The summed E-state index contributed by atoms with van der Waals surface area (Å²) >= 11 is 0. The van der Waals surface area contributed by atoms with Crippen molar-refractivity contribution in [3.8, 4) is 0 Å². The minimum atomic E-state index is -4.45. The number of hydrogen-bond acceptors (Lipinski definition) is 4. The van der Waals surface area contributed by atoms with E-state index in [-0.39, 0.29) is 11.5 Å². The van der Waals surface area contributed by atoms with Gasteiger partial charge in [-0.1, -0.05) is 0 Å². The summed E-state index contributed by atoms with van der Waals surface area (Å²) in [6.07, 6.45) is -0.182. The molecule has 1 fully saturated rings. The van der Waals surface area contributed by atoms with E-state index in [0.29, 0.717) is 36.2 Å². The maximum Gasteiger partial charge on any atom is 0.433 e. The molecule has 152 valence electrons. The molecule has 1 aliphatic heterocycles. The molecule has 0 spiro atoms. The third kappa shape index (κ3) is 4.08. The second-order valence-electron chi connectivity index (χ2n) is 7.19. The molecule has 1 aromatic carbocycles. The van der Waals surface area contributed by atoms with Gasteiger partial charge in [0.25, 0.3) is 5.56 Å². The van der Waals surface area contributed by atoms with Gasteiger partial charge in [0, 0.05) is 25.7 Å². The van der Waals surface area contributed by atoms with Crippen LogP contribution in [0.1, 0.15) is 18.5 Å². The van der Waals surface area contributed by atoms with Crippen LogP contribution in [0, 0.1) is 11.7 Å². The van der Waals surface area contributed by atoms with Gasteiger partial charge in [0.05, 0.1) is 29.1 Å². The van der Waals surface area contributed by atoms with Gasteiger partial charge in [-0.3, -0.25) is 9.36 Å². The molecule has 3 heterocycles. The van der Waals surface area contributed by atoms with E-state index in [1.165, 1.54) is 36.8 Å². The van der Waals surface area contributed by atoms with Gasteiger partial charge in [-0.2, -0.15) is 13.2 Å². The summed E-state index contributed by atoms with van der Waals surface area (Å²) in [5.41, 5.74) is -0.123. The molecule has 0 atom stereocenters. The first-order valence-electron chi connectivity index (χ1n) is 9.24. The number of hydrogen-bond donors (Lipinski definition) is 0. The summed E-state index contributed by atoms with van der Waals surface area (Å²) in [6.45, 7) is 1.83. The average Bonchev–Trinajstić information content (AvgIpc) is 2.70. The fraction of sp³-hybridized carbons (Fsp3) is 0.350. The highest BCUT2D eigenvalue weighted by atomic mass is 19.4. The first-order chi connectivity index (χ1) is 13.8. The number of benzene rings is 1. The molecule has 0 unspecified atom stereocenters. The van der Waals surface area contributed by atoms with Crippen molar-refractivity contribution >= 4 is 16.6 Å². The Kier molecular flexibility index (Phi) is 4.97. The third-order valence-electron chi connectivity index (χ3n) is 5.26. The van der Waals surface area contributed by atoms with Crippen LogP contribution in [-0.2, 0) is 12.7 Å². The Morgan fingerprint density at radius 2 is 1.83 bits per heavy atom. The van der Waals surface area contributed by atoms with Crippen LogP contribution in [0.4, 0.5) is 23.2 Å². The lowest BCUT2D eigenvalue weighted by Crippen LogP contribution is -2.36. The topological polar surface area (TPSA) is 51.0 Å². The predicted octanol–water partition coefficient (Wildman–Crippen LogP) is 3.87. The van der Waals surface area contributed by atoms with Crippen LogP contribution in [0.5, 0.6) is 0 Å². The Morgan fingerprint density at radius 1 is 1.07 bits per heavy atom. The smallest absolute Gasteiger partial charge is 0.370 e. The van der Waals surface area contributed by atoms with Gasteiger partial charge < -0.3 is 4.90 Å². The van der Waals surface area contributed by atoms with Crippen molar-refractivity contribution in [1.82, 2.24) is 14.5 Å². The summed E-state index contributed by atoms with van der Waals surface area (Å²) in [6, 6.07) is 6.35. The van der Waals surface area contributed by atoms with Crippen molar-refractivity contribution in [2.45, 2.75) is 25.6 Å². The zero-order valence-electron chi connectivity index (χ0n) is 15.4. The third-order valence-corrected chi connectivity index (χ3v) is 5.26. The number of pyridine rings is 1. The average molecular weight is 406 g/mol. The Morgan fingerprint density at radius 3 is 2.48 bits per heavy atom. The fourth-order valence-electron chi connectivity index (χ4n) is 3.65. The minimum Gasteiger partial charge on any atom is -0.370 e. The number of rotatable bonds is 3. The number of alkyl halides is 3. The Hall–Kier alpha value is -2.97. The zero-order chi connectivity index (χ0) is 20.6. The molecule has 5 nitrogen and oxygen atoms in total. The molecule has 4 rings (SSSR count). The molecule has 3 aromatic rings. The summed E-state index contributed by atoms with van der Waals surface area (Å²) in [7, 11) is 0. The van der Waals surface area contributed by atoms with Crippen molar-refractivity contribution in [2.24, 2.45) is 5.92 Å². The number of aromatic nitrogens is 3. The van der Waals surface area contributed by atoms with E-state index < -0.39 is 17.7 Å². The number of halogens is 4. The largest absolute Gasteiger partial charge is 0.433 e. The standard InChI is InChI=1S/C20H18F4N4O/c21-14-1-3-16-17(9-14)26-12-28(19(16)29)11-13-5-7-27(8-6-13)15-2-4-18(25-10-15)20(22,23)24/h1-4,9-10,12-13H,5-8,11H2. The van der Waals surface area contributed by atoms with E-state index in [9.17, 15) is 22.4 Å². The van der Waals surface area contributed by atoms with Crippen LogP contribution in [0.3, 0.4) is 0 Å². The fourth-order valence-corrected chi connectivity index (χ4v) is 3.65. The molecule has 9 heteroatoms. The summed E-state index contributed by atoms with van der Waals surface area (Å²) < 4.78 is 52.8. The molecule has 0 saturated carbocycles. The molecule has 0 amide bonds. The number of fused-ring (bicyclic) bond motifs is 1. The highest BCUT2D eigenvalue weighted by Gasteiger charge is 2.32. The Bertz CT molecular complexity index is 1070. The molecular weight excluding hydrogens is 388 g/mol. The van der Waals surface area contributed by atoms with Crippen LogP contribution in [0.25, 0.3) is 10.9 Å². The van der Waals surface area contributed by atoms with Crippen LogP contribution in [-0.4, -0.2) is 27.6 Å². The molecular formula is C20H18F4N4O. The minimum absolute atomic E-state index is 0.204. The first kappa shape index (κ1) is 19.4. The second-order valence-corrected chi connectivity index (χ2v) is 7.19. The lowest BCUT2D eigenvalue weighted by Gasteiger charge is -2.33. The number of anilines is 1. The summed E-state index contributed by atoms with van der Waals surface area (Å²) in [5, 5.41) is 0.377. The zero-order valence-corrected chi connectivity index (χ0v) is 15.4. The Balaban J connectivity index is 1.41. The van der Waals surface area contributed by atoms with Crippen LogP contribution < -0.4 is 10.5 Å².